The highest BCUT2D eigenvalue weighted by Crippen LogP contribution is 2.37. The van der Waals surface area contributed by atoms with E-state index in [1.165, 1.54) is 5.56 Å². The third-order valence-corrected chi connectivity index (χ3v) is 12.7. The molecule has 0 amide bonds. The number of benzene rings is 4. The summed E-state index contributed by atoms with van der Waals surface area (Å²) in [6.07, 6.45) is 1.03. The Kier molecular flexibility index (Phi) is 14.5. The fourth-order valence-corrected chi connectivity index (χ4v) is 4.98. The first-order chi connectivity index (χ1) is 21.4. The number of hydrogen-bond acceptors (Lipinski definition) is 5. The number of phenolic OH excluding ortho intramolecular Hbond substituents is 1. The molecule has 4 rings (SSSR count). The Morgan fingerprint density at radius 3 is 1.70 bits per heavy atom. The Hall–Kier alpha value is -3.62. The van der Waals surface area contributed by atoms with Gasteiger partial charge >= 0.3 is 11.9 Å². The van der Waals surface area contributed by atoms with E-state index in [9.17, 15) is 9.59 Å². The lowest BCUT2D eigenvalue weighted by molar-refractivity contribution is 0.0694. The number of carboxylic acid groups (broad SMARTS) is 1. The average Bonchev–Trinajstić information content (AvgIpc) is 2.99. The molecule has 0 unspecified atom stereocenters. The first kappa shape index (κ1) is 38.6. The topological polar surface area (TPSA) is 93.1 Å². The number of aryl methyl sites for hydroxylation is 3. The number of aromatic carboxylic acids is 1. The van der Waals surface area contributed by atoms with Crippen LogP contribution < -0.4 is 4.74 Å². The van der Waals surface area contributed by atoms with E-state index in [1.54, 1.807) is 54.6 Å². The van der Waals surface area contributed by atoms with E-state index in [1.807, 2.05) is 44.2 Å². The van der Waals surface area contributed by atoms with Gasteiger partial charge in [-0.25, -0.2) is 9.59 Å². The van der Waals surface area contributed by atoms with E-state index in [-0.39, 0.29) is 15.6 Å². The van der Waals surface area contributed by atoms with Gasteiger partial charge in [0, 0.05) is 0 Å². The van der Waals surface area contributed by atoms with Crippen LogP contribution in [-0.4, -0.2) is 30.5 Å². The molecule has 0 aliphatic carbocycles. The van der Waals surface area contributed by atoms with E-state index in [2.05, 4.69) is 40.8 Å². The van der Waals surface area contributed by atoms with Crippen LogP contribution in [0.25, 0.3) is 0 Å². The highest BCUT2D eigenvalue weighted by molar-refractivity contribution is 6.74. The molecule has 0 heterocycles. The van der Waals surface area contributed by atoms with E-state index in [0.717, 1.165) is 23.1 Å². The summed E-state index contributed by atoms with van der Waals surface area (Å²) in [5.74, 6) is -0.612. The third kappa shape index (κ3) is 12.3. The molecule has 246 valence electrons. The molecule has 0 aliphatic heterocycles. The van der Waals surface area contributed by atoms with Gasteiger partial charge < -0.3 is 19.4 Å². The van der Waals surface area contributed by atoms with Crippen molar-refractivity contribution >= 4 is 43.5 Å². The number of ether oxygens (including phenoxy) is 1. The molecule has 0 spiro atoms. The van der Waals surface area contributed by atoms with Crippen molar-refractivity contribution in [3.63, 3.8) is 0 Å². The third-order valence-electron chi connectivity index (χ3n) is 7.58. The Morgan fingerprint density at radius 1 is 0.761 bits per heavy atom. The Morgan fingerprint density at radius 2 is 1.24 bits per heavy atom. The van der Waals surface area contributed by atoms with Crippen LogP contribution in [0.15, 0.2) is 84.9 Å². The standard InChI is InChI=1S/C21H27ClO3Si.C8H7ClO2.C8H10O/c1-15-7-12-19(22)18(13-15)20(23)25-17-10-8-16(9-11-17)14-24-26(5,6)21(2,3)4;1-5-2-3-7(9)6(4-5)8(10)11;1-2-7-3-5-8(9)6-4-7/h7-13H,14H2,1-6H3;2-4H,1H3,(H,10,11);3-6,9H,2H2,1H3. The van der Waals surface area contributed by atoms with E-state index in [4.69, 9.17) is 42.6 Å². The van der Waals surface area contributed by atoms with Crippen molar-refractivity contribution in [1.29, 1.82) is 0 Å². The van der Waals surface area contributed by atoms with Gasteiger partial charge in [0.05, 0.1) is 27.8 Å². The lowest BCUT2D eigenvalue weighted by atomic mass is 10.1. The van der Waals surface area contributed by atoms with Gasteiger partial charge in [-0.05, 0) is 98.1 Å². The average molecular weight is 684 g/mol. The monoisotopic (exact) mass is 682 g/mol. The Bertz CT molecular complexity index is 1590. The molecule has 0 saturated carbocycles. The van der Waals surface area contributed by atoms with Crippen molar-refractivity contribution in [3.8, 4) is 11.5 Å². The molecule has 0 aromatic heterocycles. The normalized spacial score (nSPS) is 11.0. The first-order valence-corrected chi connectivity index (χ1v) is 18.6. The Labute approximate surface area is 284 Å². The van der Waals surface area contributed by atoms with Crippen molar-refractivity contribution in [2.75, 3.05) is 0 Å². The van der Waals surface area contributed by atoms with Crippen molar-refractivity contribution < 1.29 is 29.0 Å². The maximum atomic E-state index is 12.3. The first-order valence-electron chi connectivity index (χ1n) is 14.9. The number of carboxylic acids is 1. The summed E-state index contributed by atoms with van der Waals surface area (Å²) < 4.78 is 11.6. The lowest BCUT2D eigenvalue weighted by Gasteiger charge is -2.36. The van der Waals surface area contributed by atoms with Crippen molar-refractivity contribution in [3.05, 3.63) is 128 Å². The van der Waals surface area contributed by atoms with E-state index in [0.29, 0.717) is 28.7 Å². The maximum Gasteiger partial charge on any atom is 0.345 e. The van der Waals surface area contributed by atoms with Gasteiger partial charge in [0.15, 0.2) is 8.32 Å². The van der Waals surface area contributed by atoms with Gasteiger partial charge in [0.25, 0.3) is 0 Å². The number of halogens is 2. The van der Waals surface area contributed by atoms with Crippen LogP contribution in [0.2, 0.25) is 28.2 Å². The molecular weight excluding hydrogens is 639 g/mol. The Balaban J connectivity index is 0.000000299. The molecule has 9 heteroatoms. The predicted octanol–water partition coefficient (Wildman–Crippen LogP) is 10.7. The van der Waals surface area contributed by atoms with Crippen LogP contribution in [0.4, 0.5) is 0 Å². The summed E-state index contributed by atoms with van der Waals surface area (Å²) >= 11 is 11.7. The van der Waals surface area contributed by atoms with Gasteiger partial charge in [-0.15, -0.1) is 0 Å². The molecular formula is C37H44Cl2O6Si. The van der Waals surface area contributed by atoms with Crippen molar-refractivity contribution in [2.45, 2.75) is 72.7 Å². The van der Waals surface area contributed by atoms with Crippen molar-refractivity contribution in [1.82, 2.24) is 0 Å². The van der Waals surface area contributed by atoms with Gasteiger partial charge in [-0.2, -0.15) is 0 Å². The van der Waals surface area contributed by atoms with Crippen LogP contribution in [0.3, 0.4) is 0 Å². The number of hydrogen-bond donors (Lipinski definition) is 2. The maximum absolute atomic E-state index is 12.3. The van der Waals surface area contributed by atoms with Gasteiger partial charge in [0.2, 0.25) is 0 Å². The molecule has 6 nitrogen and oxygen atoms in total. The number of rotatable bonds is 7. The fraction of sp³-hybridized carbons (Fsp3) is 0.297. The van der Waals surface area contributed by atoms with Crippen LogP contribution in [0.1, 0.15) is 70.7 Å². The molecule has 0 fully saturated rings. The minimum absolute atomic E-state index is 0.159. The zero-order valence-corrected chi connectivity index (χ0v) is 30.3. The zero-order chi connectivity index (χ0) is 34.7. The number of carbonyl (C=O) groups is 2. The largest absolute Gasteiger partial charge is 0.508 e. The lowest BCUT2D eigenvalue weighted by Crippen LogP contribution is -2.40. The molecule has 4 aromatic rings. The molecule has 4 aromatic carbocycles. The molecule has 46 heavy (non-hydrogen) atoms. The minimum atomic E-state index is -1.78. The molecule has 0 saturated heterocycles. The van der Waals surface area contributed by atoms with Gasteiger partial charge in [-0.1, -0.05) is 98.4 Å². The van der Waals surface area contributed by atoms with Crippen LogP contribution in [-0.2, 0) is 17.5 Å². The molecule has 0 atom stereocenters. The number of carbonyl (C=O) groups excluding carboxylic acids is 1. The van der Waals surface area contributed by atoms with E-state index < -0.39 is 20.3 Å². The zero-order valence-electron chi connectivity index (χ0n) is 27.8. The van der Waals surface area contributed by atoms with Gasteiger partial charge in [-0.3, -0.25) is 0 Å². The SMILES string of the molecule is CCc1ccc(O)cc1.Cc1ccc(Cl)c(C(=O)O)c1.Cc1ccc(Cl)c(C(=O)Oc2ccc(CO[Si](C)(C)C(C)(C)C)cc2)c1. The fourth-order valence-electron chi connectivity index (χ4n) is 3.63. The number of esters is 1. The summed E-state index contributed by atoms with van der Waals surface area (Å²) in [6, 6.07) is 24.9. The van der Waals surface area contributed by atoms with Crippen LogP contribution >= 0.6 is 23.2 Å². The van der Waals surface area contributed by atoms with Crippen LogP contribution in [0, 0.1) is 13.8 Å². The second-order valence-electron chi connectivity index (χ2n) is 12.4. The smallest absolute Gasteiger partial charge is 0.345 e. The minimum Gasteiger partial charge on any atom is -0.508 e. The van der Waals surface area contributed by atoms with Gasteiger partial charge in [0.1, 0.15) is 11.5 Å². The summed E-state index contributed by atoms with van der Waals surface area (Å²) in [4.78, 5) is 22.8. The molecule has 0 radical (unpaired) electrons. The molecule has 2 N–H and O–H groups in total. The molecule has 0 bridgehead atoms. The second-order valence-corrected chi connectivity index (χ2v) is 18.0. The summed E-state index contributed by atoms with van der Waals surface area (Å²) in [5, 5.41) is 18.3. The second kappa shape index (κ2) is 17.3. The highest BCUT2D eigenvalue weighted by Gasteiger charge is 2.37. The highest BCUT2D eigenvalue weighted by atomic mass is 35.5. The van der Waals surface area contributed by atoms with Crippen LogP contribution in [0.5, 0.6) is 11.5 Å². The molecule has 0 aliphatic rings. The number of aromatic hydroxyl groups is 1. The summed E-state index contributed by atoms with van der Waals surface area (Å²) in [6.45, 7) is 17.5. The summed E-state index contributed by atoms with van der Waals surface area (Å²) in [5.41, 5.74) is 4.70. The predicted molar refractivity (Wildman–Crippen MR) is 190 cm³/mol. The number of phenols is 1. The quantitative estimate of drug-likeness (QED) is 0.114. The summed E-state index contributed by atoms with van der Waals surface area (Å²) in [7, 11) is -1.78. The van der Waals surface area contributed by atoms with Crippen molar-refractivity contribution in [2.24, 2.45) is 0 Å². The van der Waals surface area contributed by atoms with E-state index >= 15 is 0 Å².